The number of carbonyl (C=O) groups is 1. The number of benzene rings is 1. The molecule has 0 aliphatic carbocycles. The SMILES string of the molecule is N#Cc1cnc(Nc2cc(NCC3CCCNC3)c(C(=O)NCc3ccccc3)nn2)cn1. The predicted octanol–water partition coefficient (Wildman–Crippen LogP) is 2.22. The van der Waals surface area contributed by atoms with Gasteiger partial charge in [-0.15, -0.1) is 10.2 Å². The molecule has 0 saturated carbocycles. The molecule has 1 aliphatic heterocycles. The molecule has 1 amide bonds. The first-order chi connectivity index (χ1) is 16.2. The number of rotatable bonds is 8. The number of piperidine rings is 1. The van der Waals surface area contributed by atoms with Gasteiger partial charge in [-0.2, -0.15) is 5.26 Å². The van der Waals surface area contributed by atoms with Crippen LogP contribution in [0, 0.1) is 17.2 Å². The number of hydrogen-bond acceptors (Lipinski definition) is 9. The molecule has 3 aromatic rings. The molecule has 1 unspecified atom stereocenters. The van der Waals surface area contributed by atoms with Crippen LogP contribution in [0.3, 0.4) is 0 Å². The summed E-state index contributed by atoms with van der Waals surface area (Å²) >= 11 is 0. The molecule has 33 heavy (non-hydrogen) atoms. The molecule has 168 valence electrons. The Kier molecular flexibility index (Phi) is 7.35. The topological polar surface area (TPSA) is 141 Å². The lowest BCUT2D eigenvalue weighted by molar-refractivity contribution is 0.0946. The summed E-state index contributed by atoms with van der Waals surface area (Å²) in [5.41, 5.74) is 2.04. The Morgan fingerprint density at radius 1 is 1.15 bits per heavy atom. The molecule has 0 radical (unpaired) electrons. The standard InChI is InChI=1S/C23H25N9O/c24-10-18-14-28-21(15-26-18)30-20-9-19(27-13-17-7-4-8-25-11-17)22(32-31-20)23(33)29-12-16-5-2-1-3-6-16/h1-3,5-6,9,14-15,17,25H,4,7-8,11-13H2,(H,29,33)(H2,27,28,30,31). The molecule has 0 bridgehead atoms. The van der Waals surface area contributed by atoms with E-state index in [4.69, 9.17) is 5.26 Å². The molecule has 4 rings (SSSR count). The zero-order valence-corrected chi connectivity index (χ0v) is 18.1. The highest BCUT2D eigenvalue weighted by molar-refractivity contribution is 5.97. The molecule has 3 heterocycles. The fraction of sp³-hybridized carbons (Fsp3) is 0.304. The third kappa shape index (κ3) is 6.21. The summed E-state index contributed by atoms with van der Waals surface area (Å²) < 4.78 is 0. The van der Waals surface area contributed by atoms with E-state index in [0.29, 0.717) is 36.3 Å². The Morgan fingerprint density at radius 2 is 2.03 bits per heavy atom. The third-order valence-electron chi connectivity index (χ3n) is 5.31. The quantitative estimate of drug-likeness (QED) is 0.412. The van der Waals surface area contributed by atoms with Crippen LogP contribution in [0.4, 0.5) is 17.3 Å². The average Bonchev–Trinajstić information content (AvgIpc) is 2.88. The van der Waals surface area contributed by atoms with Gasteiger partial charge in [0.25, 0.3) is 5.91 Å². The molecule has 10 heteroatoms. The van der Waals surface area contributed by atoms with Gasteiger partial charge in [-0.1, -0.05) is 30.3 Å². The number of anilines is 3. The van der Waals surface area contributed by atoms with E-state index in [9.17, 15) is 4.79 Å². The summed E-state index contributed by atoms with van der Waals surface area (Å²) in [6.45, 7) is 3.09. The Bertz CT molecular complexity index is 1110. The molecule has 4 N–H and O–H groups in total. The van der Waals surface area contributed by atoms with Gasteiger partial charge >= 0.3 is 0 Å². The monoisotopic (exact) mass is 443 g/mol. The maximum atomic E-state index is 12.9. The molecule has 1 saturated heterocycles. The smallest absolute Gasteiger partial charge is 0.274 e. The Labute approximate surface area is 191 Å². The van der Waals surface area contributed by atoms with Crippen molar-refractivity contribution in [2.45, 2.75) is 19.4 Å². The highest BCUT2D eigenvalue weighted by atomic mass is 16.1. The van der Waals surface area contributed by atoms with Crippen LogP contribution in [0.5, 0.6) is 0 Å². The Hall–Kier alpha value is -4.10. The van der Waals surface area contributed by atoms with Crippen molar-refractivity contribution in [2.75, 3.05) is 30.3 Å². The fourth-order valence-electron chi connectivity index (χ4n) is 3.55. The molecule has 1 aromatic carbocycles. The lowest BCUT2D eigenvalue weighted by Crippen LogP contribution is -2.34. The van der Waals surface area contributed by atoms with Gasteiger partial charge in [0.05, 0.1) is 18.1 Å². The van der Waals surface area contributed by atoms with E-state index in [1.807, 2.05) is 36.4 Å². The maximum Gasteiger partial charge on any atom is 0.274 e. The second kappa shape index (κ2) is 11.0. The first-order valence-corrected chi connectivity index (χ1v) is 10.8. The van der Waals surface area contributed by atoms with E-state index in [2.05, 4.69) is 41.4 Å². The number of nitrogens with one attached hydrogen (secondary N) is 4. The zero-order chi connectivity index (χ0) is 22.9. The number of carbonyl (C=O) groups excluding carboxylic acids is 1. The first-order valence-electron chi connectivity index (χ1n) is 10.8. The largest absolute Gasteiger partial charge is 0.383 e. The highest BCUT2D eigenvalue weighted by Crippen LogP contribution is 2.20. The van der Waals surface area contributed by atoms with Crippen LogP contribution in [-0.2, 0) is 6.54 Å². The van der Waals surface area contributed by atoms with Crippen LogP contribution < -0.4 is 21.3 Å². The van der Waals surface area contributed by atoms with Crippen molar-refractivity contribution in [3.63, 3.8) is 0 Å². The van der Waals surface area contributed by atoms with Gasteiger partial charge in [-0.3, -0.25) is 4.79 Å². The fourth-order valence-corrected chi connectivity index (χ4v) is 3.55. The minimum absolute atomic E-state index is 0.223. The van der Waals surface area contributed by atoms with E-state index < -0.39 is 0 Å². The summed E-state index contributed by atoms with van der Waals surface area (Å²) in [6, 6.07) is 13.4. The lowest BCUT2D eigenvalue weighted by atomic mass is 9.99. The van der Waals surface area contributed by atoms with Crippen LogP contribution in [0.2, 0.25) is 0 Å². The van der Waals surface area contributed by atoms with E-state index in [-0.39, 0.29) is 17.3 Å². The number of nitriles is 1. The summed E-state index contributed by atoms with van der Waals surface area (Å²) in [7, 11) is 0. The number of amides is 1. The number of hydrogen-bond donors (Lipinski definition) is 4. The second-order valence-electron chi connectivity index (χ2n) is 7.78. The molecule has 0 spiro atoms. The second-order valence-corrected chi connectivity index (χ2v) is 7.78. The minimum atomic E-state index is -0.305. The normalized spacial score (nSPS) is 15.3. The van der Waals surface area contributed by atoms with Crippen LogP contribution in [0.1, 0.15) is 34.6 Å². The molecular formula is C23H25N9O. The summed E-state index contributed by atoms with van der Waals surface area (Å²) in [5, 5.41) is 29.9. The third-order valence-corrected chi connectivity index (χ3v) is 5.31. The van der Waals surface area contributed by atoms with Gasteiger partial charge in [0.15, 0.2) is 17.2 Å². The summed E-state index contributed by atoms with van der Waals surface area (Å²) in [6.07, 6.45) is 5.08. The van der Waals surface area contributed by atoms with Gasteiger partial charge in [0.1, 0.15) is 11.9 Å². The van der Waals surface area contributed by atoms with E-state index in [1.165, 1.54) is 12.4 Å². The van der Waals surface area contributed by atoms with Crippen molar-refractivity contribution in [1.82, 2.24) is 30.8 Å². The van der Waals surface area contributed by atoms with E-state index in [0.717, 1.165) is 31.5 Å². The molecule has 1 fully saturated rings. The molecule has 2 aromatic heterocycles. The molecule has 10 nitrogen and oxygen atoms in total. The van der Waals surface area contributed by atoms with Gasteiger partial charge < -0.3 is 21.3 Å². The van der Waals surface area contributed by atoms with E-state index in [1.54, 1.807) is 6.07 Å². The van der Waals surface area contributed by atoms with Crippen LogP contribution in [0.15, 0.2) is 48.8 Å². The summed E-state index contributed by atoms with van der Waals surface area (Å²) in [5.74, 6) is 0.998. The lowest BCUT2D eigenvalue weighted by Gasteiger charge is -2.23. The van der Waals surface area contributed by atoms with Crippen LogP contribution in [0.25, 0.3) is 0 Å². The van der Waals surface area contributed by atoms with Crippen molar-refractivity contribution in [3.8, 4) is 6.07 Å². The van der Waals surface area contributed by atoms with Gasteiger partial charge in [-0.05, 0) is 37.4 Å². The van der Waals surface area contributed by atoms with Crippen molar-refractivity contribution in [1.29, 1.82) is 5.26 Å². The Morgan fingerprint density at radius 3 is 2.76 bits per heavy atom. The highest BCUT2D eigenvalue weighted by Gasteiger charge is 2.18. The van der Waals surface area contributed by atoms with Gasteiger partial charge in [-0.25, -0.2) is 9.97 Å². The number of nitrogens with zero attached hydrogens (tertiary/aromatic N) is 5. The van der Waals surface area contributed by atoms with Crippen molar-refractivity contribution >= 4 is 23.2 Å². The first kappa shape index (κ1) is 22.1. The maximum absolute atomic E-state index is 12.9. The Balaban J connectivity index is 1.50. The molecular weight excluding hydrogens is 418 g/mol. The van der Waals surface area contributed by atoms with Crippen LogP contribution in [-0.4, -0.2) is 45.7 Å². The molecule has 1 aliphatic rings. The zero-order valence-electron chi connectivity index (χ0n) is 18.1. The van der Waals surface area contributed by atoms with E-state index >= 15 is 0 Å². The van der Waals surface area contributed by atoms with Crippen LogP contribution >= 0.6 is 0 Å². The predicted molar refractivity (Wildman–Crippen MR) is 124 cm³/mol. The molecule has 1 atom stereocenters. The van der Waals surface area contributed by atoms with Crippen molar-refractivity contribution in [2.24, 2.45) is 5.92 Å². The van der Waals surface area contributed by atoms with Gasteiger partial charge in [0, 0.05) is 19.2 Å². The van der Waals surface area contributed by atoms with Gasteiger partial charge in [0.2, 0.25) is 0 Å². The average molecular weight is 444 g/mol. The number of aromatic nitrogens is 4. The van der Waals surface area contributed by atoms with Crippen molar-refractivity contribution in [3.05, 3.63) is 65.7 Å². The summed E-state index contributed by atoms with van der Waals surface area (Å²) in [4.78, 5) is 21.0. The van der Waals surface area contributed by atoms with Crippen molar-refractivity contribution < 1.29 is 4.79 Å². The minimum Gasteiger partial charge on any atom is -0.383 e.